The molecule has 124 valence electrons. The van der Waals surface area contributed by atoms with Crippen LogP contribution in [0.15, 0.2) is 29.2 Å². The van der Waals surface area contributed by atoms with Crippen molar-refractivity contribution in [2.75, 3.05) is 11.9 Å². The Labute approximate surface area is 133 Å². The van der Waals surface area contributed by atoms with E-state index in [2.05, 4.69) is 10.0 Å². The van der Waals surface area contributed by atoms with Crippen LogP contribution in [0.1, 0.15) is 39.5 Å². The summed E-state index contributed by atoms with van der Waals surface area (Å²) in [7, 11) is -3.44. The zero-order valence-electron chi connectivity index (χ0n) is 13.4. The van der Waals surface area contributed by atoms with E-state index in [9.17, 15) is 8.42 Å². The normalized spacial score (nSPS) is 22.7. The molecule has 22 heavy (non-hydrogen) atoms. The van der Waals surface area contributed by atoms with Crippen molar-refractivity contribution in [3.05, 3.63) is 24.3 Å². The Balaban J connectivity index is 1.97. The highest BCUT2D eigenvalue weighted by molar-refractivity contribution is 7.89. The van der Waals surface area contributed by atoms with Crippen LogP contribution in [0.25, 0.3) is 0 Å². The highest BCUT2D eigenvalue weighted by Crippen LogP contribution is 2.24. The van der Waals surface area contributed by atoms with Crippen molar-refractivity contribution < 1.29 is 8.42 Å². The summed E-state index contributed by atoms with van der Waals surface area (Å²) in [4.78, 5) is 0.303. The van der Waals surface area contributed by atoms with Crippen LogP contribution in [0.4, 0.5) is 5.69 Å². The van der Waals surface area contributed by atoms with Gasteiger partial charge >= 0.3 is 0 Å². The quantitative estimate of drug-likeness (QED) is 0.749. The fourth-order valence-electron chi connectivity index (χ4n) is 2.81. The van der Waals surface area contributed by atoms with Gasteiger partial charge in [0, 0.05) is 24.3 Å². The lowest BCUT2D eigenvalue weighted by atomic mass is 9.86. The summed E-state index contributed by atoms with van der Waals surface area (Å²) in [6.45, 7) is 4.49. The van der Waals surface area contributed by atoms with Gasteiger partial charge in [0.05, 0.1) is 4.90 Å². The maximum absolute atomic E-state index is 12.2. The first kappa shape index (κ1) is 17.2. The standard InChI is InChI=1S/C16H27N3O2S/c1-12(2)19-22(20,21)16-5-3-4-15(10-16)18-11-13-6-8-14(17)9-7-13/h3-5,10,12-14,18-19H,6-9,11,17H2,1-2H3. The van der Waals surface area contributed by atoms with E-state index in [0.29, 0.717) is 16.9 Å². The summed E-state index contributed by atoms with van der Waals surface area (Å²) in [6.07, 6.45) is 4.44. The van der Waals surface area contributed by atoms with Crippen LogP contribution >= 0.6 is 0 Å². The van der Waals surface area contributed by atoms with E-state index in [1.54, 1.807) is 18.2 Å². The number of benzene rings is 1. The number of anilines is 1. The maximum atomic E-state index is 12.2. The van der Waals surface area contributed by atoms with Gasteiger partial charge in [-0.3, -0.25) is 0 Å². The molecule has 0 unspecified atom stereocenters. The van der Waals surface area contributed by atoms with Crippen LogP contribution < -0.4 is 15.8 Å². The molecule has 1 aliphatic rings. The van der Waals surface area contributed by atoms with Crippen LogP contribution in [0.5, 0.6) is 0 Å². The van der Waals surface area contributed by atoms with Gasteiger partial charge in [-0.15, -0.1) is 0 Å². The SMILES string of the molecule is CC(C)NS(=O)(=O)c1cccc(NCC2CCC(N)CC2)c1. The Morgan fingerprint density at radius 1 is 1.23 bits per heavy atom. The molecule has 0 aromatic heterocycles. The second kappa shape index (κ2) is 7.44. The summed E-state index contributed by atoms with van der Waals surface area (Å²) >= 11 is 0. The minimum absolute atomic E-state index is 0.118. The van der Waals surface area contributed by atoms with Crippen LogP contribution in [-0.4, -0.2) is 27.0 Å². The summed E-state index contributed by atoms with van der Waals surface area (Å²) < 4.78 is 27.0. The molecule has 0 amide bonds. The third-order valence-electron chi connectivity index (χ3n) is 4.02. The number of hydrogen-bond donors (Lipinski definition) is 3. The van der Waals surface area contributed by atoms with Gasteiger partial charge in [0.25, 0.3) is 0 Å². The molecular formula is C16H27N3O2S. The van der Waals surface area contributed by atoms with Gasteiger partial charge in [0.1, 0.15) is 0 Å². The van der Waals surface area contributed by atoms with E-state index >= 15 is 0 Å². The first-order valence-corrected chi connectivity index (χ1v) is 9.47. The zero-order chi connectivity index (χ0) is 16.2. The van der Waals surface area contributed by atoms with Crippen LogP contribution in [0.3, 0.4) is 0 Å². The minimum atomic E-state index is -3.44. The molecule has 1 aliphatic carbocycles. The molecule has 0 heterocycles. The van der Waals surface area contributed by atoms with Crippen molar-refractivity contribution in [1.82, 2.24) is 4.72 Å². The smallest absolute Gasteiger partial charge is 0.240 e. The fraction of sp³-hybridized carbons (Fsp3) is 0.625. The van der Waals surface area contributed by atoms with E-state index in [-0.39, 0.29) is 6.04 Å². The van der Waals surface area contributed by atoms with Crippen LogP contribution in [0.2, 0.25) is 0 Å². The lowest BCUT2D eigenvalue weighted by molar-refractivity contribution is 0.339. The summed E-state index contributed by atoms with van der Waals surface area (Å²) in [5, 5.41) is 3.36. The molecule has 0 aliphatic heterocycles. The van der Waals surface area contributed by atoms with Crippen molar-refractivity contribution >= 4 is 15.7 Å². The van der Waals surface area contributed by atoms with E-state index in [1.165, 1.54) is 0 Å². The third kappa shape index (κ3) is 4.97. The van der Waals surface area contributed by atoms with Gasteiger partial charge in [0.2, 0.25) is 10.0 Å². The molecule has 0 bridgehead atoms. The third-order valence-corrected chi connectivity index (χ3v) is 5.68. The Hall–Kier alpha value is -1.11. The number of hydrogen-bond acceptors (Lipinski definition) is 4. The molecule has 0 radical (unpaired) electrons. The number of rotatable bonds is 6. The predicted molar refractivity (Wildman–Crippen MR) is 90.3 cm³/mol. The van der Waals surface area contributed by atoms with Gasteiger partial charge in [-0.05, 0) is 63.6 Å². The molecule has 6 heteroatoms. The van der Waals surface area contributed by atoms with Gasteiger partial charge < -0.3 is 11.1 Å². The summed E-state index contributed by atoms with van der Waals surface area (Å²) in [6, 6.07) is 7.23. The highest BCUT2D eigenvalue weighted by atomic mass is 32.2. The first-order chi connectivity index (χ1) is 10.4. The van der Waals surface area contributed by atoms with Gasteiger partial charge in [-0.1, -0.05) is 6.07 Å². The van der Waals surface area contributed by atoms with Gasteiger partial charge in [-0.25, -0.2) is 13.1 Å². The van der Waals surface area contributed by atoms with Gasteiger partial charge in [-0.2, -0.15) is 0 Å². The van der Waals surface area contributed by atoms with E-state index in [1.807, 2.05) is 19.9 Å². The van der Waals surface area contributed by atoms with Crippen molar-refractivity contribution in [3.8, 4) is 0 Å². The summed E-state index contributed by atoms with van der Waals surface area (Å²) in [5.41, 5.74) is 6.77. The first-order valence-electron chi connectivity index (χ1n) is 7.98. The molecule has 5 nitrogen and oxygen atoms in total. The molecule has 1 aromatic carbocycles. The van der Waals surface area contributed by atoms with E-state index in [0.717, 1.165) is 37.9 Å². The van der Waals surface area contributed by atoms with Crippen LogP contribution in [-0.2, 0) is 10.0 Å². The molecular weight excluding hydrogens is 298 g/mol. The summed E-state index contributed by atoms with van der Waals surface area (Å²) in [5.74, 6) is 0.619. The molecule has 0 spiro atoms. The average molecular weight is 325 g/mol. The molecule has 0 atom stereocenters. The molecule has 2 rings (SSSR count). The topological polar surface area (TPSA) is 84.2 Å². The second-order valence-electron chi connectivity index (χ2n) is 6.47. The number of nitrogens with one attached hydrogen (secondary N) is 2. The van der Waals surface area contributed by atoms with Crippen molar-refractivity contribution in [2.24, 2.45) is 11.7 Å². The lowest BCUT2D eigenvalue weighted by Crippen LogP contribution is -2.30. The van der Waals surface area contributed by atoms with Crippen molar-refractivity contribution in [3.63, 3.8) is 0 Å². The van der Waals surface area contributed by atoms with E-state index in [4.69, 9.17) is 5.73 Å². The Morgan fingerprint density at radius 3 is 2.55 bits per heavy atom. The molecule has 1 saturated carbocycles. The predicted octanol–water partition coefficient (Wildman–Crippen LogP) is 2.30. The van der Waals surface area contributed by atoms with Gasteiger partial charge in [0.15, 0.2) is 0 Å². The molecule has 1 fully saturated rings. The largest absolute Gasteiger partial charge is 0.385 e. The second-order valence-corrected chi connectivity index (χ2v) is 8.18. The molecule has 0 saturated heterocycles. The monoisotopic (exact) mass is 325 g/mol. The molecule has 4 N–H and O–H groups in total. The Bertz CT molecular complexity index is 579. The van der Waals surface area contributed by atoms with Crippen molar-refractivity contribution in [2.45, 2.75) is 56.5 Å². The zero-order valence-corrected chi connectivity index (χ0v) is 14.2. The maximum Gasteiger partial charge on any atom is 0.240 e. The molecule has 1 aromatic rings. The van der Waals surface area contributed by atoms with Crippen LogP contribution in [0, 0.1) is 5.92 Å². The highest BCUT2D eigenvalue weighted by Gasteiger charge is 2.19. The minimum Gasteiger partial charge on any atom is -0.385 e. The fourth-order valence-corrected chi connectivity index (χ4v) is 4.10. The van der Waals surface area contributed by atoms with Crippen molar-refractivity contribution in [1.29, 1.82) is 0 Å². The Kier molecular flexibility index (Phi) is 5.83. The Morgan fingerprint density at radius 2 is 1.91 bits per heavy atom. The number of nitrogens with two attached hydrogens (primary N) is 1. The number of sulfonamides is 1. The average Bonchev–Trinajstić information content (AvgIpc) is 2.46. The lowest BCUT2D eigenvalue weighted by Gasteiger charge is -2.26. The van der Waals surface area contributed by atoms with E-state index < -0.39 is 10.0 Å².